The second kappa shape index (κ2) is 4.86. The minimum atomic E-state index is -0.488. The Hall–Kier alpha value is -2.53. The van der Waals surface area contributed by atoms with Gasteiger partial charge >= 0.3 is 0 Å². The highest BCUT2D eigenvalue weighted by Gasteiger charge is 2.36. The van der Waals surface area contributed by atoms with Crippen LogP contribution in [0.3, 0.4) is 0 Å². The molecule has 0 saturated carbocycles. The van der Waals surface area contributed by atoms with Gasteiger partial charge in [-0.2, -0.15) is 0 Å². The number of imide groups is 1. The second-order valence-corrected chi connectivity index (χ2v) is 4.63. The molecule has 100 valence electrons. The van der Waals surface area contributed by atoms with Gasteiger partial charge in [0.15, 0.2) is 0 Å². The molecule has 3 rings (SSSR count). The molecule has 2 amide bonds. The number of benzene rings is 1. The molecule has 0 spiro atoms. The van der Waals surface area contributed by atoms with Crippen LogP contribution in [-0.4, -0.2) is 28.2 Å². The number of nitrogens with two attached hydrogens (primary N) is 1. The molecule has 1 aliphatic rings. The van der Waals surface area contributed by atoms with Gasteiger partial charge in [-0.05, 0) is 24.3 Å². The van der Waals surface area contributed by atoms with Crippen LogP contribution in [0.15, 0.2) is 48.7 Å². The third kappa shape index (κ3) is 1.98. The normalized spacial score (nSPS) is 15.3. The summed E-state index contributed by atoms with van der Waals surface area (Å²) >= 11 is 0. The minimum absolute atomic E-state index is 0.128. The molecule has 0 bridgehead atoms. The number of amides is 2. The summed E-state index contributed by atoms with van der Waals surface area (Å²) in [4.78, 5) is 29.7. The van der Waals surface area contributed by atoms with Gasteiger partial charge in [0.05, 0.1) is 29.4 Å². The summed E-state index contributed by atoms with van der Waals surface area (Å²) < 4.78 is 0. The van der Waals surface area contributed by atoms with Crippen molar-refractivity contribution in [2.45, 2.75) is 6.04 Å². The first-order valence-electron chi connectivity index (χ1n) is 6.30. The third-order valence-corrected chi connectivity index (χ3v) is 3.33. The molecule has 5 nitrogen and oxygen atoms in total. The Morgan fingerprint density at radius 1 is 1.00 bits per heavy atom. The van der Waals surface area contributed by atoms with E-state index in [9.17, 15) is 9.59 Å². The number of fused-ring (bicyclic) bond motifs is 1. The van der Waals surface area contributed by atoms with Crippen molar-refractivity contribution in [3.05, 3.63) is 65.5 Å². The SMILES string of the molecule is N[C@@H](CN1C(=O)c2ccccc2C1=O)c1ccccn1. The van der Waals surface area contributed by atoms with Gasteiger partial charge in [-0.15, -0.1) is 0 Å². The third-order valence-electron chi connectivity index (χ3n) is 3.33. The van der Waals surface area contributed by atoms with E-state index in [0.717, 1.165) is 0 Å². The fourth-order valence-corrected chi connectivity index (χ4v) is 2.29. The van der Waals surface area contributed by atoms with Gasteiger partial charge < -0.3 is 5.73 Å². The Morgan fingerprint density at radius 2 is 1.60 bits per heavy atom. The highest BCUT2D eigenvalue weighted by Crippen LogP contribution is 2.24. The zero-order chi connectivity index (χ0) is 14.1. The van der Waals surface area contributed by atoms with E-state index in [4.69, 9.17) is 5.73 Å². The lowest BCUT2D eigenvalue weighted by Crippen LogP contribution is -2.36. The number of carbonyl (C=O) groups is 2. The molecule has 1 atom stereocenters. The standard InChI is InChI=1S/C15H13N3O2/c16-12(13-7-3-4-8-17-13)9-18-14(19)10-5-1-2-6-11(10)15(18)20/h1-8,12H,9,16H2/t12-/m0/s1. The van der Waals surface area contributed by atoms with Crippen LogP contribution in [0.25, 0.3) is 0 Å². The fourth-order valence-electron chi connectivity index (χ4n) is 2.29. The summed E-state index contributed by atoms with van der Waals surface area (Å²) in [5.41, 5.74) is 7.55. The van der Waals surface area contributed by atoms with Gasteiger partial charge in [0.2, 0.25) is 0 Å². The van der Waals surface area contributed by atoms with Crippen molar-refractivity contribution >= 4 is 11.8 Å². The van der Waals surface area contributed by atoms with E-state index in [1.807, 2.05) is 6.07 Å². The highest BCUT2D eigenvalue weighted by atomic mass is 16.2. The summed E-state index contributed by atoms with van der Waals surface area (Å²) in [7, 11) is 0. The van der Waals surface area contributed by atoms with E-state index in [1.54, 1.807) is 42.6 Å². The van der Waals surface area contributed by atoms with Crippen LogP contribution in [-0.2, 0) is 0 Å². The van der Waals surface area contributed by atoms with Crippen LogP contribution in [0.5, 0.6) is 0 Å². The molecule has 1 aromatic heterocycles. The Bertz CT molecular complexity index is 635. The first-order valence-corrected chi connectivity index (χ1v) is 6.30. The number of nitrogens with zero attached hydrogens (tertiary/aromatic N) is 2. The van der Waals surface area contributed by atoms with Crippen LogP contribution < -0.4 is 5.73 Å². The predicted octanol–water partition coefficient (Wildman–Crippen LogP) is 1.38. The zero-order valence-electron chi connectivity index (χ0n) is 10.7. The molecule has 20 heavy (non-hydrogen) atoms. The van der Waals surface area contributed by atoms with Crippen molar-refractivity contribution in [3.8, 4) is 0 Å². The fraction of sp³-hybridized carbons (Fsp3) is 0.133. The summed E-state index contributed by atoms with van der Waals surface area (Å²) in [6.07, 6.45) is 1.64. The van der Waals surface area contributed by atoms with Crippen molar-refractivity contribution in [3.63, 3.8) is 0 Å². The first-order chi connectivity index (χ1) is 9.68. The molecule has 0 unspecified atom stereocenters. The molecule has 5 heteroatoms. The van der Waals surface area contributed by atoms with Crippen molar-refractivity contribution in [1.29, 1.82) is 0 Å². The number of rotatable bonds is 3. The molecule has 1 aromatic carbocycles. The lowest BCUT2D eigenvalue weighted by molar-refractivity contribution is 0.0644. The molecule has 1 aliphatic heterocycles. The van der Waals surface area contributed by atoms with Crippen LogP contribution in [0.4, 0.5) is 0 Å². The zero-order valence-corrected chi connectivity index (χ0v) is 10.7. The smallest absolute Gasteiger partial charge is 0.261 e. The van der Waals surface area contributed by atoms with Crippen molar-refractivity contribution in [2.24, 2.45) is 5.73 Å². The average molecular weight is 267 g/mol. The van der Waals surface area contributed by atoms with Gasteiger partial charge in [0, 0.05) is 6.20 Å². The Kier molecular flexibility index (Phi) is 3.04. The second-order valence-electron chi connectivity index (χ2n) is 4.63. The summed E-state index contributed by atoms with van der Waals surface area (Å²) in [6.45, 7) is 0.128. The monoisotopic (exact) mass is 267 g/mol. The minimum Gasteiger partial charge on any atom is -0.321 e. The maximum Gasteiger partial charge on any atom is 0.261 e. The molecule has 2 heterocycles. The lowest BCUT2D eigenvalue weighted by atomic mass is 10.1. The van der Waals surface area contributed by atoms with E-state index >= 15 is 0 Å². The summed E-state index contributed by atoms with van der Waals surface area (Å²) in [5, 5.41) is 0. The predicted molar refractivity (Wildman–Crippen MR) is 73.0 cm³/mol. The van der Waals surface area contributed by atoms with Crippen molar-refractivity contribution in [2.75, 3.05) is 6.54 Å². The first kappa shape index (κ1) is 12.5. The molecular formula is C15H13N3O2. The molecule has 2 N–H and O–H groups in total. The Labute approximate surface area is 116 Å². The maximum atomic E-state index is 12.2. The molecule has 2 aromatic rings. The quantitative estimate of drug-likeness (QED) is 0.852. The Morgan fingerprint density at radius 3 is 2.15 bits per heavy atom. The number of carbonyl (C=O) groups excluding carboxylic acids is 2. The van der Waals surface area contributed by atoms with Crippen molar-refractivity contribution in [1.82, 2.24) is 9.88 Å². The van der Waals surface area contributed by atoms with Crippen LogP contribution in [0.1, 0.15) is 32.5 Å². The molecule has 0 aliphatic carbocycles. The van der Waals surface area contributed by atoms with Gasteiger partial charge in [-0.1, -0.05) is 18.2 Å². The summed E-state index contributed by atoms with van der Waals surface area (Å²) in [6, 6.07) is 11.7. The number of pyridine rings is 1. The Balaban J connectivity index is 1.84. The van der Waals surface area contributed by atoms with Crippen LogP contribution >= 0.6 is 0 Å². The largest absolute Gasteiger partial charge is 0.321 e. The van der Waals surface area contributed by atoms with E-state index in [-0.39, 0.29) is 18.4 Å². The number of aromatic nitrogens is 1. The molecule has 0 radical (unpaired) electrons. The molecule has 0 saturated heterocycles. The number of hydrogen-bond acceptors (Lipinski definition) is 4. The summed E-state index contributed by atoms with van der Waals surface area (Å²) in [5.74, 6) is -0.589. The van der Waals surface area contributed by atoms with Gasteiger partial charge in [-0.3, -0.25) is 19.5 Å². The van der Waals surface area contributed by atoms with E-state index in [2.05, 4.69) is 4.98 Å². The van der Waals surface area contributed by atoms with E-state index in [0.29, 0.717) is 16.8 Å². The van der Waals surface area contributed by atoms with Gasteiger partial charge in [0.25, 0.3) is 11.8 Å². The molecule has 0 fully saturated rings. The van der Waals surface area contributed by atoms with Crippen LogP contribution in [0, 0.1) is 0 Å². The molecular weight excluding hydrogens is 254 g/mol. The van der Waals surface area contributed by atoms with Crippen molar-refractivity contribution < 1.29 is 9.59 Å². The topological polar surface area (TPSA) is 76.3 Å². The van der Waals surface area contributed by atoms with E-state index in [1.165, 1.54) is 4.90 Å². The lowest BCUT2D eigenvalue weighted by Gasteiger charge is -2.18. The van der Waals surface area contributed by atoms with E-state index < -0.39 is 6.04 Å². The van der Waals surface area contributed by atoms with Crippen LogP contribution in [0.2, 0.25) is 0 Å². The highest BCUT2D eigenvalue weighted by molar-refractivity contribution is 6.21. The van der Waals surface area contributed by atoms with Gasteiger partial charge in [-0.25, -0.2) is 0 Å². The number of hydrogen-bond donors (Lipinski definition) is 1. The van der Waals surface area contributed by atoms with Gasteiger partial charge in [0.1, 0.15) is 0 Å². The maximum absolute atomic E-state index is 12.2. The average Bonchev–Trinajstić information content (AvgIpc) is 2.74.